The monoisotopic (exact) mass is 286 g/mol. The number of aromatic nitrogens is 2. The molecule has 2 aromatic carbocycles. The lowest BCUT2D eigenvalue weighted by Crippen LogP contribution is -2.23. The third kappa shape index (κ3) is 2.20. The first kappa shape index (κ1) is 13.4. The van der Waals surface area contributed by atoms with Crippen molar-refractivity contribution in [1.82, 2.24) is 9.13 Å². The maximum atomic E-state index is 14.1. The van der Waals surface area contributed by atoms with E-state index in [0.29, 0.717) is 11.3 Å². The quantitative estimate of drug-likeness (QED) is 0.742. The van der Waals surface area contributed by atoms with Gasteiger partial charge >= 0.3 is 5.69 Å². The molecule has 0 bridgehead atoms. The number of nitrogens with zero attached hydrogens (tertiary/aromatic N) is 2. The van der Waals surface area contributed by atoms with Crippen molar-refractivity contribution in [2.24, 2.45) is 7.05 Å². The van der Waals surface area contributed by atoms with E-state index in [1.54, 1.807) is 28.3 Å². The first-order valence-electron chi connectivity index (χ1n) is 6.58. The molecule has 0 unspecified atom stereocenters. The van der Waals surface area contributed by atoms with Crippen molar-refractivity contribution in [2.45, 2.75) is 6.54 Å². The summed E-state index contributed by atoms with van der Waals surface area (Å²) in [5.41, 5.74) is 1.91. The molecule has 0 amide bonds. The molecule has 4 nitrogen and oxygen atoms in total. The van der Waals surface area contributed by atoms with Gasteiger partial charge < -0.3 is 4.74 Å². The Morgan fingerprint density at radius 1 is 1.14 bits per heavy atom. The number of para-hydroxylation sites is 2. The molecule has 0 atom stereocenters. The van der Waals surface area contributed by atoms with E-state index < -0.39 is 0 Å². The zero-order valence-electron chi connectivity index (χ0n) is 11.8. The smallest absolute Gasteiger partial charge is 0.329 e. The molecule has 5 heteroatoms. The van der Waals surface area contributed by atoms with E-state index in [0.717, 1.165) is 11.0 Å². The summed E-state index contributed by atoms with van der Waals surface area (Å²) in [6.07, 6.45) is 0. The highest BCUT2D eigenvalue weighted by Gasteiger charge is 2.12. The number of hydrogen-bond acceptors (Lipinski definition) is 2. The lowest BCUT2D eigenvalue weighted by molar-refractivity contribution is 0.410. The minimum atomic E-state index is -0.380. The van der Waals surface area contributed by atoms with Crippen LogP contribution in [0.15, 0.2) is 47.3 Å². The van der Waals surface area contributed by atoms with Crippen molar-refractivity contribution in [1.29, 1.82) is 0 Å². The number of ether oxygens (including phenoxy) is 1. The summed E-state index contributed by atoms with van der Waals surface area (Å²) in [6, 6.07) is 12.1. The molecule has 0 spiro atoms. The number of fused-ring (bicyclic) bond motifs is 1. The number of hydrogen-bond donors (Lipinski definition) is 0. The maximum Gasteiger partial charge on any atom is 0.329 e. The third-order valence-corrected chi connectivity index (χ3v) is 3.64. The SMILES string of the molecule is COc1ccc(Cn2c(=O)n(C)c3ccccc32)c(F)c1. The molecule has 1 aromatic heterocycles. The normalized spacial score (nSPS) is 11.0. The number of benzene rings is 2. The number of aryl methyl sites for hydroxylation is 1. The summed E-state index contributed by atoms with van der Waals surface area (Å²) in [6.45, 7) is 0.190. The Bertz CT molecular complexity index is 864. The topological polar surface area (TPSA) is 36.2 Å². The summed E-state index contributed by atoms with van der Waals surface area (Å²) in [4.78, 5) is 12.3. The zero-order valence-corrected chi connectivity index (χ0v) is 11.8. The number of halogens is 1. The van der Waals surface area contributed by atoms with E-state index in [4.69, 9.17) is 4.74 Å². The van der Waals surface area contributed by atoms with Crippen LogP contribution >= 0.6 is 0 Å². The molecule has 1 heterocycles. The molecule has 0 radical (unpaired) electrons. The van der Waals surface area contributed by atoms with E-state index in [1.165, 1.54) is 13.2 Å². The van der Waals surface area contributed by atoms with E-state index in [1.807, 2.05) is 24.3 Å². The molecule has 0 aliphatic heterocycles. The first-order chi connectivity index (χ1) is 10.1. The zero-order chi connectivity index (χ0) is 15.0. The Morgan fingerprint density at radius 2 is 1.86 bits per heavy atom. The van der Waals surface area contributed by atoms with Crippen LogP contribution in [0.1, 0.15) is 5.56 Å². The fraction of sp³-hybridized carbons (Fsp3) is 0.188. The van der Waals surface area contributed by atoms with Crippen LogP contribution in [0.4, 0.5) is 4.39 Å². The Balaban J connectivity index is 2.10. The van der Waals surface area contributed by atoms with E-state index in [-0.39, 0.29) is 18.1 Å². The van der Waals surface area contributed by atoms with Crippen molar-refractivity contribution < 1.29 is 9.13 Å². The lowest BCUT2D eigenvalue weighted by atomic mass is 10.2. The second-order valence-electron chi connectivity index (χ2n) is 4.87. The largest absolute Gasteiger partial charge is 0.497 e. The van der Waals surface area contributed by atoms with Gasteiger partial charge in [-0.3, -0.25) is 9.13 Å². The predicted molar refractivity (Wildman–Crippen MR) is 79.2 cm³/mol. The minimum absolute atomic E-state index is 0.161. The maximum absolute atomic E-state index is 14.1. The van der Waals surface area contributed by atoms with Gasteiger partial charge in [0, 0.05) is 18.7 Å². The Morgan fingerprint density at radius 3 is 2.52 bits per heavy atom. The Kier molecular flexibility index (Phi) is 3.25. The Hall–Kier alpha value is -2.56. The molecule has 0 saturated carbocycles. The van der Waals surface area contributed by atoms with Crippen molar-refractivity contribution in [2.75, 3.05) is 7.11 Å². The molecular weight excluding hydrogens is 271 g/mol. The lowest BCUT2D eigenvalue weighted by Gasteiger charge is -2.07. The van der Waals surface area contributed by atoms with Crippen LogP contribution in [0.3, 0.4) is 0 Å². The number of rotatable bonds is 3. The van der Waals surface area contributed by atoms with Gasteiger partial charge in [-0.15, -0.1) is 0 Å². The fourth-order valence-corrected chi connectivity index (χ4v) is 2.47. The van der Waals surface area contributed by atoms with Gasteiger partial charge in [-0.1, -0.05) is 18.2 Å². The highest BCUT2D eigenvalue weighted by atomic mass is 19.1. The molecular formula is C16H15FN2O2. The molecule has 0 aliphatic carbocycles. The number of imidazole rings is 1. The number of methoxy groups -OCH3 is 1. The standard InChI is InChI=1S/C16H15FN2O2/c1-18-14-5-3-4-6-15(14)19(16(18)20)10-11-7-8-12(21-2)9-13(11)17/h3-9H,10H2,1-2H3. The van der Waals surface area contributed by atoms with Crippen molar-refractivity contribution >= 4 is 11.0 Å². The van der Waals surface area contributed by atoms with Crippen molar-refractivity contribution in [3.8, 4) is 5.75 Å². The first-order valence-corrected chi connectivity index (χ1v) is 6.58. The van der Waals surface area contributed by atoms with Gasteiger partial charge in [0.15, 0.2) is 0 Å². The average Bonchev–Trinajstić information content (AvgIpc) is 2.74. The summed E-state index contributed by atoms with van der Waals surface area (Å²) in [5.74, 6) is 0.0794. The van der Waals surface area contributed by atoms with Gasteiger partial charge in [0.2, 0.25) is 0 Å². The van der Waals surface area contributed by atoms with Gasteiger partial charge in [-0.25, -0.2) is 9.18 Å². The second-order valence-corrected chi connectivity index (χ2v) is 4.87. The molecule has 3 aromatic rings. The third-order valence-electron chi connectivity index (χ3n) is 3.64. The van der Waals surface area contributed by atoms with E-state index >= 15 is 0 Å². The van der Waals surface area contributed by atoms with E-state index in [2.05, 4.69) is 0 Å². The molecule has 21 heavy (non-hydrogen) atoms. The highest BCUT2D eigenvalue weighted by Crippen LogP contribution is 2.19. The van der Waals surface area contributed by atoms with Crippen LogP contribution in [0, 0.1) is 5.82 Å². The summed E-state index contributed by atoms with van der Waals surface area (Å²) in [5, 5.41) is 0. The molecule has 0 aliphatic rings. The summed E-state index contributed by atoms with van der Waals surface area (Å²) in [7, 11) is 3.20. The van der Waals surface area contributed by atoms with Crippen LogP contribution < -0.4 is 10.4 Å². The fourth-order valence-electron chi connectivity index (χ4n) is 2.47. The highest BCUT2D eigenvalue weighted by molar-refractivity contribution is 5.75. The molecule has 108 valence electrons. The van der Waals surface area contributed by atoms with Crippen LogP contribution in [0.2, 0.25) is 0 Å². The molecule has 0 saturated heterocycles. The van der Waals surface area contributed by atoms with Crippen LogP contribution in [-0.4, -0.2) is 16.2 Å². The van der Waals surface area contributed by atoms with Gasteiger partial charge in [-0.2, -0.15) is 0 Å². The van der Waals surface area contributed by atoms with Gasteiger partial charge in [0.25, 0.3) is 0 Å². The summed E-state index contributed by atoms with van der Waals surface area (Å²) < 4.78 is 22.2. The van der Waals surface area contributed by atoms with Gasteiger partial charge in [0.05, 0.1) is 24.7 Å². The molecule has 0 fully saturated rings. The van der Waals surface area contributed by atoms with Crippen LogP contribution in [-0.2, 0) is 13.6 Å². The molecule has 0 N–H and O–H groups in total. The van der Waals surface area contributed by atoms with Gasteiger partial charge in [0.1, 0.15) is 11.6 Å². The van der Waals surface area contributed by atoms with Crippen molar-refractivity contribution in [3.63, 3.8) is 0 Å². The van der Waals surface area contributed by atoms with Crippen LogP contribution in [0.5, 0.6) is 5.75 Å². The van der Waals surface area contributed by atoms with Crippen LogP contribution in [0.25, 0.3) is 11.0 Å². The summed E-state index contributed by atoms with van der Waals surface area (Å²) >= 11 is 0. The second kappa shape index (κ2) is 5.09. The average molecular weight is 286 g/mol. The van der Waals surface area contributed by atoms with E-state index in [9.17, 15) is 9.18 Å². The Labute approximate surface area is 121 Å². The van der Waals surface area contributed by atoms with Gasteiger partial charge in [-0.05, 0) is 18.2 Å². The minimum Gasteiger partial charge on any atom is -0.497 e. The van der Waals surface area contributed by atoms with Crippen molar-refractivity contribution in [3.05, 3.63) is 64.3 Å². The predicted octanol–water partition coefficient (Wildman–Crippen LogP) is 2.54. The molecule has 3 rings (SSSR count).